The Kier molecular flexibility index (Phi) is 4.16. The van der Waals surface area contributed by atoms with Crippen LogP contribution in [0.4, 0.5) is 11.4 Å². The van der Waals surface area contributed by atoms with Crippen LogP contribution in [-0.2, 0) is 11.2 Å². The molecule has 0 saturated heterocycles. The third-order valence-corrected chi connectivity index (χ3v) is 3.50. The summed E-state index contributed by atoms with van der Waals surface area (Å²) in [7, 11) is 0. The van der Waals surface area contributed by atoms with E-state index >= 15 is 0 Å². The van der Waals surface area contributed by atoms with Gasteiger partial charge in [-0.2, -0.15) is 0 Å². The van der Waals surface area contributed by atoms with Crippen molar-refractivity contribution < 1.29 is 4.79 Å². The summed E-state index contributed by atoms with van der Waals surface area (Å²) in [4.78, 5) is 16.0. The molecule has 0 aliphatic heterocycles. The van der Waals surface area contributed by atoms with Crippen molar-refractivity contribution in [1.29, 1.82) is 0 Å². The molecule has 0 aliphatic carbocycles. The number of carbonyl (C=O) groups excluding carboxylic acids is 1. The lowest BCUT2D eigenvalue weighted by Gasteiger charge is -2.07. The number of halogens is 1. The van der Waals surface area contributed by atoms with Crippen LogP contribution in [-0.4, -0.2) is 10.9 Å². The number of benzene rings is 1. The van der Waals surface area contributed by atoms with Crippen molar-refractivity contribution in [3.8, 4) is 0 Å². The molecule has 0 atom stereocenters. The highest BCUT2D eigenvalue weighted by Crippen LogP contribution is 2.20. The highest BCUT2D eigenvalue weighted by atomic mass is 79.9. The van der Waals surface area contributed by atoms with E-state index in [0.29, 0.717) is 11.4 Å². The van der Waals surface area contributed by atoms with Gasteiger partial charge in [0.2, 0.25) is 5.91 Å². The van der Waals surface area contributed by atoms with Crippen LogP contribution in [0.25, 0.3) is 0 Å². The Morgan fingerprint density at radius 2 is 2.16 bits per heavy atom. The van der Waals surface area contributed by atoms with Gasteiger partial charge in [-0.1, -0.05) is 22.0 Å². The molecular formula is C14H14BrN3O. The molecule has 1 aromatic heterocycles. The molecule has 0 unspecified atom stereocenters. The standard InChI is InChI=1S/C14H14BrN3O/c1-9-2-4-12(6-13(9)15)18-14(19)7-11-5-3-10(16)8-17-11/h2-6,8H,7,16H2,1H3,(H,18,19). The van der Waals surface area contributed by atoms with E-state index in [1.54, 1.807) is 18.3 Å². The quantitative estimate of drug-likeness (QED) is 0.914. The smallest absolute Gasteiger partial charge is 0.230 e. The Balaban J connectivity index is 2.01. The Bertz CT molecular complexity index is 596. The SMILES string of the molecule is Cc1ccc(NC(=O)Cc2ccc(N)cn2)cc1Br. The molecule has 1 amide bonds. The van der Waals surface area contributed by atoms with E-state index < -0.39 is 0 Å². The summed E-state index contributed by atoms with van der Waals surface area (Å²) in [6.45, 7) is 1.99. The molecule has 5 heteroatoms. The maximum Gasteiger partial charge on any atom is 0.230 e. The molecule has 0 saturated carbocycles. The number of nitrogens with one attached hydrogen (secondary N) is 1. The molecule has 1 aromatic carbocycles. The van der Waals surface area contributed by atoms with E-state index in [2.05, 4.69) is 26.2 Å². The molecule has 2 aromatic rings. The summed E-state index contributed by atoms with van der Waals surface area (Å²) < 4.78 is 0.968. The zero-order valence-corrected chi connectivity index (χ0v) is 12.1. The third kappa shape index (κ3) is 3.79. The van der Waals surface area contributed by atoms with Crippen molar-refractivity contribution in [3.05, 3.63) is 52.3 Å². The van der Waals surface area contributed by atoms with Crippen molar-refractivity contribution in [1.82, 2.24) is 4.98 Å². The van der Waals surface area contributed by atoms with Crippen molar-refractivity contribution in [2.75, 3.05) is 11.1 Å². The van der Waals surface area contributed by atoms with E-state index in [-0.39, 0.29) is 12.3 Å². The van der Waals surface area contributed by atoms with E-state index in [9.17, 15) is 4.79 Å². The van der Waals surface area contributed by atoms with Gasteiger partial charge in [0.05, 0.1) is 18.3 Å². The number of nitrogen functional groups attached to an aromatic ring is 1. The molecule has 3 N–H and O–H groups in total. The third-order valence-electron chi connectivity index (χ3n) is 2.64. The molecule has 0 bridgehead atoms. The topological polar surface area (TPSA) is 68.0 Å². The first-order chi connectivity index (χ1) is 9.04. The van der Waals surface area contributed by atoms with E-state index in [0.717, 1.165) is 15.7 Å². The van der Waals surface area contributed by atoms with Gasteiger partial charge < -0.3 is 11.1 Å². The number of hydrogen-bond acceptors (Lipinski definition) is 3. The van der Waals surface area contributed by atoms with Crippen LogP contribution in [0, 0.1) is 6.92 Å². The first-order valence-corrected chi connectivity index (χ1v) is 6.60. The molecule has 19 heavy (non-hydrogen) atoms. The highest BCUT2D eigenvalue weighted by Gasteiger charge is 2.06. The summed E-state index contributed by atoms with van der Waals surface area (Å²) in [6, 6.07) is 9.18. The molecule has 0 aliphatic rings. The van der Waals surface area contributed by atoms with Crippen LogP contribution in [0.15, 0.2) is 41.0 Å². The first kappa shape index (κ1) is 13.5. The summed E-state index contributed by atoms with van der Waals surface area (Å²) in [5.74, 6) is -0.104. The zero-order chi connectivity index (χ0) is 13.8. The van der Waals surface area contributed by atoms with Crippen molar-refractivity contribution in [3.63, 3.8) is 0 Å². The monoisotopic (exact) mass is 319 g/mol. The van der Waals surface area contributed by atoms with Gasteiger partial charge in [0.15, 0.2) is 0 Å². The molecule has 4 nitrogen and oxygen atoms in total. The lowest BCUT2D eigenvalue weighted by molar-refractivity contribution is -0.115. The molecule has 0 radical (unpaired) electrons. The zero-order valence-electron chi connectivity index (χ0n) is 10.5. The summed E-state index contributed by atoms with van der Waals surface area (Å²) >= 11 is 3.43. The number of nitrogens with two attached hydrogens (primary N) is 1. The van der Waals surface area contributed by atoms with E-state index in [1.165, 1.54) is 0 Å². The average molecular weight is 320 g/mol. The van der Waals surface area contributed by atoms with Gasteiger partial charge in [0.1, 0.15) is 0 Å². The number of aryl methyl sites for hydroxylation is 1. The van der Waals surface area contributed by atoms with Gasteiger partial charge in [0, 0.05) is 15.9 Å². The minimum absolute atomic E-state index is 0.104. The maximum absolute atomic E-state index is 11.9. The average Bonchev–Trinajstić information content (AvgIpc) is 2.37. The number of anilines is 2. The van der Waals surface area contributed by atoms with E-state index in [1.807, 2.05) is 25.1 Å². The number of rotatable bonds is 3. The number of aromatic nitrogens is 1. The fraction of sp³-hybridized carbons (Fsp3) is 0.143. The van der Waals surface area contributed by atoms with Gasteiger partial charge in [-0.3, -0.25) is 9.78 Å². The Morgan fingerprint density at radius 3 is 2.79 bits per heavy atom. The van der Waals surface area contributed by atoms with Crippen LogP contribution < -0.4 is 11.1 Å². The molecular weight excluding hydrogens is 306 g/mol. The van der Waals surface area contributed by atoms with Gasteiger partial charge >= 0.3 is 0 Å². The lowest BCUT2D eigenvalue weighted by Crippen LogP contribution is -2.15. The molecule has 2 rings (SSSR count). The fourth-order valence-electron chi connectivity index (χ4n) is 1.58. The Labute approximate surface area is 120 Å². The highest BCUT2D eigenvalue weighted by molar-refractivity contribution is 9.10. The minimum Gasteiger partial charge on any atom is -0.397 e. The number of hydrogen-bond donors (Lipinski definition) is 2. The van der Waals surface area contributed by atoms with Crippen LogP contribution in [0.1, 0.15) is 11.3 Å². The Hall–Kier alpha value is -1.88. The predicted molar refractivity (Wildman–Crippen MR) is 79.9 cm³/mol. The Morgan fingerprint density at radius 1 is 1.37 bits per heavy atom. The molecule has 0 fully saturated rings. The first-order valence-electron chi connectivity index (χ1n) is 5.81. The van der Waals surface area contributed by atoms with Crippen LogP contribution in [0.5, 0.6) is 0 Å². The number of nitrogens with zero attached hydrogens (tertiary/aromatic N) is 1. The van der Waals surface area contributed by atoms with Gasteiger partial charge in [0.25, 0.3) is 0 Å². The van der Waals surface area contributed by atoms with Gasteiger partial charge in [-0.15, -0.1) is 0 Å². The minimum atomic E-state index is -0.104. The van der Waals surface area contributed by atoms with Crippen LogP contribution in [0.2, 0.25) is 0 Å². The molecule has 1 heterocycles. The number of amides is 1. The van der Waals surface area contributed by atoms with E-state index in [4.69, 9.17) is 5.73 Å². The van der Waals surface area contributed by atoms with Crippen molar-refractivity contribution in [2.45, 2.75) is 13.3 Å². The largest absolute Gasteiger partial charge is 0.397 e. The van der Waals surface area contributed by atoms with Crippen LogP contribution in [0.3, 0.4) is 0 Å². The van der Waals surface area contributed by atoms with Crippen molar-refractivity contribution in [2.24, 2.45) is 0 Å². The molecule has 0 spiro atoms. The normalized spacial score (nSPS) is 10.2. The lowest BCUT2D eigenvalue weighted by atomic mass is 10.2. The summed E-state index contributed by atoms with van der Waals surface area (Å²) in [5.41, 5.74) is 8.71. The van der Waals surface area contributed by atoms with Gasteiger partial charge in [-0.05, 0) is 36.8 Å². The number of carbonyl (C=O) groups is 1. The number of pyridine rings is 1. The summed E-state index contributed by atoms with van der Waals surface area (Å²) in [5, 5.41) is 2.83. The second-order valence-electron chi connectivity index (χ2n) is 4.27. The maximum atomic E-state index is 11.9. The summed E-state index contributed by atoms with van der Waals surface area (Å²) in [6.07, 6.45) is 1.77. The van der Waals surface area contributed by atoms with Crippen molar-refractivity contribution >= 4 is 33.2 Å². The van der Waals surface area contributed by atoms with Gasteiger partial charge in [-0.25, -0.2) is 0 Å². The fourth-order valence-corrected chi connectivity index (χ4v) is 1.96. The van der Waals surface area contributed by atoms with Crippen LogP contribution >= 0.6 is 15.9 Å². The second-order valence-corrected chi connectivity index (χ2v) is 5.13. The predicted octanol–water partition coefficient (Wildman–Crippen LogP) is 2.92. The second kappa shape index (κ2) is 5.84. The molecule has 98 valence electrons.